The van der Waals surface area contributed by atoms with E-state index in [1.54, 1.807) is 22.4 Å². The van der Waals surface area contributed by atoms with Crippen LogP contribution in [0.25, 0.3) is 16.2 Å². The summed E-state index contributed by atoms with van der Waals surface area (Å²) in [5, 5.41) is 5.66. The Balaban J connectivity index is 1.47. The van der Waals surface area contributed by atoms with Crippen LogP contribution in [-0.4, -0.2) is 51.1 Å². The van der Waals surface area contributed by atoms with Crippen LogP contribution in [0.15, 0.2) is 54.0 Å². The molecule has 0 aliphatic carbocycles. The van der Waals surface area contributed by atoms with Gasteiger partial charge in [-0.25, -0.2) is 9.50 Å². The summed E-state index contributed by atoms with van der Waals surface area (Å²) < 4.78 is 42.1. The van der Waals surface area contributed by atoms with E-state index in [1.165, 1.54) is 23.1 Å². The number of aryl methyl sites for hydroxylation is 1. The van der Waals surface area contributed by atoms with Gasteiger partial charge in [0.15, 0.2) is 11.3 Å². The van der Waals surface area contributed by atoms with Crippen LogP contribution in [0.3, 0.4) is 0 Å². The highest BCUT2D eigenvalue weighted by atomic mass is 32.1. The fourth-order valence-corrected chi connectivity index (χ4v) is 4.98. The second kappa shape index (κ2) is 8.43. The number of rotatable bonds is 3. The lowest BCUT2D eigenvalue weighted by Gasteiger charge is -2.41. The first-order valence-corrected chi connectivity index (χ1v) is 11.7. The summed E-state index contributed by atoms with van der Waals surface area (Å²) in [6.07, 6.45) is -3.46. The highest BCUT2D eigenvalue weighted by Gasteiger charge is 2.37. The van der Waals surface area contributed by atoms with E-state index in [0.717, 1.165) is 16.3 Å². The molecule has 1 fully saturated rings. The molecule has 0 bridgehead atoms. The molecule has 0 unspecified atom stereocenters. The largest absolute Gasteiger partial charge is 0.433 e. The molecular formula is C24H22F3N5OS. The normalized spacial score (nSPS) is 16.9. The van der Waals surface area contributed by atoms with Crippen molar-refractivity contribution >= 4 is 28.6 Å². The first-order chi connectivity index (χ1) is 16.2. The number of alkyl halides is 3. The van der Waals surface area contributed by atoms with Crippen LogP contribution >= 0.6 is 11.3 Å². The van der Waals surface area contributed by atoms with Crippen molar-refractivity contribution in [3.63, 3.8) is 0 Å². The molecule has 1 aliphatic rings. The van der Waals surface area contributed by atoms with Gasteiger partial charge in [0, 0.05) is 31.4 Å². The molecule has 1 aromatic carbocycles. The van der Waals surface area contributed by atoms with Gasteiger partial charge < -0.3 is 9.80 Å². The SMILES string of the molecule is Cc1ccc(N2CCN(C(=O)c3cnn4c(C(F)(F)F)cc(-c5cccs5)nc34)C[C@H]2C)cc1. The summed E-state index contributed by atoms with van der Waals surface area (Å²) in [5.74, 6) is -0.366. The maximum absolute atomic E-state index is 13.8. The van der Waals surface area contributed by atoms with Crippen molar-refractivity contribution in [2.24, 2.45) is 0 Å². The Hall–Kier alpha value is -3.40. The molecule has 1 aliphatic heterocycles. The molecule has 6 nitrogen and oxygen atoms in total. The molecule has 1 saturated heterocycles. The van der Waals surface area contributed by atoms with Gasteiger partial charge in [-0.3, -0.25) is 4.79 Å². The van der Waals surface area contributed by atoms with Crippen LogP contribution < -0.4 is 4.90 Å². The van der Waals surface area contributed by atoms with Gasteiger partial charge in [-0.2, -0.15) is 18.3 Å². The predicted octanol–water partition coefficient (Wildman–Crippen LogP) is 5.14. The lowest BCUT2D eigenvalue weighted by molar-refractivity contribution is -0.142. The number of carbonyl (C=O) groups excluding carboxylic acids is 1. The van der Waals surface area contributed by atoms with E-state index in [4.69, 9.17) is 0 Å². The number of hydrogen-bond donors (Lipinski definition) is 0. The summed E-state index contributed by atoms with van der Waals surface area (Å²) in [7, 11) is 0. The summed E-state index contributed by atoms with van der Waals surface area (Å²) in [6.45, 7) is 5.58. The van der Waals surface area contributed by atoms with Crippen molar-refractivity contribution in [1.29, 1.82) is 0 Å². The lowest BCUT2D eigenvalue weighted by Crippen LogP contribution is -2.53. The van der Waals surface area contributed by atoms with Gasteiger partial charge in [0.25, 0.3) is 5.91 Å². The first-order valence-electron chi connectivity index (χ1n) is 10.8. The van der Waals surface area contributed by atoms with Gasteiger partial charge in [-0.15, -0.1) is 11.3 Å². The maximum atomic E-state index is 13.8. The first kappa shape index (κ1) is 22.4. The minimum Gasteiger partial charge on any atom is -0.365 e. The summed E-state index contributed by atoms with van der Waals surface area (Å²) in [4.78, 5) is 22.3. The number of halogens is 3. The van der Waals surface area contributed by atoms with Gasteiger partial charge in [0.05, 0.1) is 16.8 Å². The van der Waals surface area contributed by atoms with Crippen LogP contribution in [-0.2, 0) is 6.18 Å². The van der Waals surface area contributed by atoms with E-state index in [9.17, 15) is 18.0 Å². The fraction of sp³-hybridized carbons (Fsp3) is 0.292. The predicted molar refractivity (Wildman–Crippen MR) is 125 cm³/mol. The van der Waals surface area contributed by atoms with Crippen LogP contribution in [0.2, 0.25) is 0 Å². The summed E-state index contributed by atoms with van der Waals surface area (Å²) in [6, 6.07) is 12.7. The standard InChI is InChI=1S/C24H22F3N5OS/c1-15-5-7-17(8-6-15)31-10-9-30(14-16(31)2)23(33)18-13-28-32-21(24(25,26)27)12-19(29-22(18)32)20-4-3-11-34-20/h3-8,11-13,16H,9-10,14H2,1-2H3/t16-/m1/s1. The monoisotopic (exact) mass is 485 g/mol. The molecular weight excluding hydrogens is 463 g/mol. The van der Waals surface area contributed by atoms with Gasteiger partial charge in [0.1, 0.15) is 5.56 Å². The van der Waals surface area contributed by atoms with Crippen molar-refractivity contribution in [1.82, 2.24) is 19.5 Å². The number of nitrogens with zero attached hydrogens (tertiary/aromatic N) is 5. The zero-order chi connectivity index (χ0) is 24.0. The number of benzene rings is 1. The molecule has 0 N–H and O–H groups in total. The molecule has 4 heterocycles. The topological polar surface area (TPSA) is 53.7 Å². The number of hydrogen-bond acceptors (Lipinski definition) is 5. The highest BCUT2D eigenvalue weighted by molar-refractivity contribution is 7.13. The third-order valence-corrected chi connectivity index (χ3v) is 6.94. The quantitative estimate of drug-likeness (QED) is 0.404. The van der Waals surface area contributed by atoms with Crippen molar-refractivity contribution in [3.8, 4) is 10.6 Å². The molecule has 176 valence electrons. The van der Waals surface area contributed by atoms with E-state index in [-0.39, 0.29) is 28.9 Å². The zero-order valence-corrected chi connectivity index (χ0v) is 19.4. The third-order valence-electron chi connectivity index (χ3n) is 6.05. The molecule has 10 heteroatoms. The number of fused-ring (bicyclic) bond motifs is 1. The van der Waals surface area contributed by atoms with Crippen LogP contribution in [0, 0.1) is 6.92 Å². The number of aromatic nitrogens is 3. The zero-order valence-electron chi connectivity index (χ0n) is 18.6. The number of anilines is 1. The minimum atomic E-state index is -4.65. The molecule has 1 amide bonds. The summed E-state index contributed by atoms with van der Waals surface area (Å²) in [5.41, 5.74) is 1.44. The van der Waals surface area contributed by atoms with E-state index >= 15 is 0 Å². The molecule has 3 aromatic heterocycles. The molecule has 1 atom stereocenters. The average Bonchev–Trinajstić information content (AvgIpc) is 3.48. The lowest BCUT2D eigenvalue weighted by atomic mass is 10.1. The number of piperazine rings is 1. The van der Waals surface area contributed by atoms with E-state index in [0.29, 0.717) is 24.5 Å². The number of carbonyl (C=O) groups is 1. The smallest absolute Gasteiger partial charge is 0.365 e. The molecule has 0 saturated carbocycles. The Labute approximate surface area is 198 Å². The maximum Gasteiger partial charge on any atom is 0.433 e. The van der Waals surface area contributed by atoms with E-state index in [2.05, 4.69) is 27.1 Å². The molecule has 0 radical (unpaired) electrons. The second-order valence-corrected chi connectivity index (χ2v) is 9.37. The van der Waals surface area contributed by atoms with Crippen molar-refractivity contribution in [2.75, 3.05) is 24.5 Å². The van der Waals surface area contributed by atoms with Crippen molar-refractivity contribution < 1.29 is 18.0 Å². The Morgan fingerprint density at radius 2 is 1.91 bits per heavy atom. The van der Waals surface area contributed by atoms with Gasteiger partial charge >= 0.3 is 6.18 Å². The van der Waals surface area contributed by atoms with E-state index in [1.807, 2.05) is 26.0 Å². The minimum absolute atomic E-state index is 0.0441. The van der Waals surface area contributed by atoms with Gasteiger partial charge in [0.2, 0.25) is 0 Å². The van der Waals surface area contributed by atoms with Crippen molar-refractivity contribution in [3.05, 3.63) is 70.9 Å². The Morgan fingerprint density at radius 1 is 1.15 bits per heavy atom. The van der Waals surface area contributed by atoms with E-state index < -0.39 is 11.9 Å². The molecule has 5 rings (SSSR count). The summed E-state index contributed by atoms with van der Waals surface area (Å²) >= 11 is 1.29. The highest BCUT2D eigenvalue weighted by Crippen LogP contribution is 2.34. The van der Waals surface area contributed by atoms with Gasteiger partial charge in [-0.05, 0) is 43.5 Å². The Morgan fingerprint density at radius 3 is 2.56 bits per heavy atom. The Bertz CT molecular complexity index is 1330. The van der Waals surface area contributed by atoms with Crippen LogP contribution in [0.1, 0.15) is 28.5 Å². The number of amides is 1. The number of thiophene rings is 1. The van der Waals surface area contributed by atoms with Crippen LogP contribution in [0.4, 0.5) is 18.9 Å². The van der Waals surface area contributed by atoms with Gasteiger partial charge in [-0.1, -0.05) is 23.8 Å². The molecule has 34 heavy (non-hydrogen) atoms. The third kappa shape index (κ3) is 4.02. The van der Waals surface area contributed by atoms with Crippen LogP contribution in [0.5, 0.6) is 0 Å². The fourth-order valence-electron chi connectivity index (χ4n) is 4.30. The van der Waals surface area contributed by atoms with Crippen molar-refractivity contribution in [2.45, 2.75) is 26.1 Å². The Kier molecular flexibility index (Phi) is 5.55. The second-order valence-electron chi connectivity index (χ2n) is 8.42. The average molecular weight is 486 g/mol. The molecule has 0 spiro atoms. The molecule has 4 aromatic rings.